The molecule has 37 heavy (non-hydrogen) atoms. The van der Waals surface area contributed by atoms with Gasteiger partial charge in [-0.2, -0.15) is 5.10 Å². The first-order chi connectivity index (χ1) is 17.8. The van der Waals surface area contributed by atoms with E-state index >= 15 is 0 Å². The van der Waals surface area contributed by atoms with Gasteiger partial charge in [0.25, 0.3) is 0 Å². The number of carbonyl (C=O) groups is 2. The number of rotatable bonds is 4. The van der Waals surface area contributed by atoms with Crippen LogP contribution in [0.4, 0.5) is 11.5 Å². The normalized spacial score (nSPS) is 22.8. The Morgan fingerprint density at radius 2 is 2.00 bits per heavy atom. The van der Waals surface area contributed by atoms with E-state index in [1.54, 1.807) is 11.0 Å². The zero-order chi connectivity index (χ0) is 26.1. The summed E-state index contributed by atoms with van der Waals surface area (Å²) < 4.78 is 2.11. The number of carbonyl (C=O) groups excluding carboxylic acids is 2. The molecular weight excluding hydrogens is 466 g/mol. The van der Waals surface area contributed by atoms with Crippen LogP contribution >= 0.6 is 0 Å². The molecule has 5 rings (SSSR count). The standard InChI is InChI=1S/C28H37N7O2/c1-4-19-13-22(14-30-26(19)29)31-27(36)28(37)34-15-18(2)7-10-25(34)20-8-9-24-21(12-20)16-35(32-24)23-6-5-11-33(3)17-23/h8-9,12-14,16,18,23,25H,4-7,10-11,15,17H2,1-3H3,(H2,29,30)(H,31,36). The van der Waals surface area contributed by atoms with Gasteiger partial charge in [0.15, 0.2) is 0 Å². The van der Waals surface area contributed by atoms with Gasteiger partial charge in [0, 0.05) is 24.7 Å². The maximum atomic E-state index is 13.4. The zero-order valence-electron chi connectivity index (χ0n) is 22.0. The van der Waals surface area contributed by atoms with E-state index in [-0.39, 0.29) is 6.04 Å². The molecule has 2 amide bonds. The Hall–Kier alpha value is -3.46. The number of aryl methyl sites for hydroxylation is 1. The molecule has 2 aliphatic heterocycles. The van der Waals surface area contributed by atoms with E-state index in [1.807, 2.05) is 13.0 Å². The second-order valence-corrected chi connectivity index (χ2v) is 10.7. The summed E-state index contributed by atoms with van der Waals surface area (Å²) in [4.78, 5) is 34.7. The van der Waals surface area contributed by atoms with Crippen LogP contribution in [0.15, 0.2) is 36.7 Å². The van der Waals surface area contributed by atoms with Crippen molar-refractivity contribution in [3.8, 4) is 0 Å². The molecule has 196 valence electrons. The molecule has 9 nitrogen and oxygen atoms in total. The molecule has 2 aromatic heterocycles. The largest absolute Gasteiger partial charge is 0.383 e. The van der Waals surface area contributed by atoms with Gasteiger partial charge in [-0.3, -0.25) is 14.3 Å². The minimum atomic E-state index is -0.650. The summed E-state index contributed by atoms with van der Waals surface area (Å²) in [5.41, 5.74) is 9.21. The number of benzene rings is 1. The van der Waals surface area contributed by atoms with Crippen molar-refractivity contribution in [2.45, 2.75) is 58.0 Å². The molecule has 9 heteroatoms. The smallest absolute Gasteiger partial charge is 0.313 e. The molecule has 0 saturated carbocycles. The number of aromatic nitrogens is 3. The summed E-state index contributed by atoms with van der Waals surface area (Å²) in [6.45, 7) is 6.77. The predicted molar refractivity (Wildman–Crippen MR) is 145 cm³/mol. The maximum Gasteiger partial charge on any atom is 0.313 e. The van der Waals surface area contributed by atoms with Crippen molar-refractivity contribution in [1.29, 1.82) is 0 Å². The van der Waals surface area contributed by atoms with Crippen LogP contribution in [0.25, 0.3) is 10.9 Å². The quantitative estimate of drug-likeness (QED) is 0.525. The van der Waals surface area contributed by atoms with Crippen LogP contribution in [-0.4, -0.2) is 63.1 Å². The van der Waals surface area contributed by atoms with Crippen LogP contribution in [0.5, 0.6) is 0 Å². The van der Waals surface area contributed by atoms with E-state index in [0.29, 0.717) is 36.4 Å². The number of hydrogen-bond donors (Lipinski definition) is 2. The van der Waals surface area contributed by atoms with Crippen LogP contribution in [0.3, 0.4) is 0 Å². The van der Waals surface area contributed by atoms with Gasteiger partial charge in [0.1, 0.15) is 5.82 Å². The predicted octanol–water partition coefficient (Wildman–Crippen LogP) is 3.78. The van der Waals surface area contributed by atoms with Gasteiger partial charge in [-0.05, 0) is 80.9 Å². The molecule has 3 aromatic rings. The number of anilines is 2. The molecule has 3 atom stereocenters. The van der Waals surface area contributed by atoms with Gasteiger partial charge >= 0.3 is 11.8 Å². The van der Waals surface area contributed by atoms with Crippen LogP contribution in [0, 0.1) is 5.92 Å². The number of nitrogens with two attached hydrogens (primary N) is 1. The molecule has 0 bridgehead atoms. The molecule has 3 unspecified atom stereocenters. The van der Waals surface area contributed by atoms with E-state index in [0.717, 1.165) is 54.4 Å². The Morgan fingerprint density at radius 1 is 1.16 bits per heavy atom. The number of nitrogens with zero attached hydrogens (tertiary/aromatic N) is 5. The summed E-state index contributed by atoms with van der Waals surface area (Å²) >= 11 is 0. The lowest BCUT2D eigenvalue weighted by Crippen LogP contribution is -2.46. The molecule has 1 aromatic carbocycles. The van der Waals surface area contributed by atoms with Crippen molar-refractivity contribution in [1.82, 2.24) is 24.6 Å². The topological polar surface area (TPSA) is 109 Å². The molecule has 2 saturated heterocycles. The molecular formula is C28H37N7O2. The van der Waals surface area contributed by atoms with Crippen LogP contribution in [-0.2, 0) is 16.0 Å². The highest BCUT2D eigenvalue weighted by molar-refractivity contribution is 6.39. The molecule has 2 fully saturated rings. The van der Waals surface area contributed by atoms with Crippen molar-refractivity contribution in [3.63, 3.8) is 0 Å². The number of amides is 2. The minimum Gasteiger partial charge on any atom is -0.383 e. The van der Waals surface area contributed by atoms with Crippen molar-refractivity contribution < 1.29 is 9.59 Å². The number of fused-ring (bicyclic) bond motifs is 1. The van der Waals surface area contributed by atoms with E-state index in [2.05, 4.69) is 52.2 Å². The lowest BCUT2D eigenvalue weighted by Gasteiger charge is -2.38. The van der Waals surface area contributed by atoms with Crippen molar-refractivity contribution >= 4 is 34.2 Å². The number of piperidine rings is 2. The zero-order valence-corrected chi connectivity index (χ0v) is 22.0. The first-order valence-corrected chi connectivity index (χ1v) is 13.4. The fourth-order valence-corrected chi connectivity index (χ4v) is 5.72. The van der Waals surface area contributed by atoms with Gasteiger partial charge in [-0.15, -0.1) is 0 Å². The fourth-order valence-electron chi connectivity index (χ4n) is 5.72. The lowest BCUT2D eigenvalue weighted by molar-refractivity contribution is -0.146. The number of hydrogen-bond acceptors (Lipinski definition) is 6. The van der Waals surface area contributed by atoms with Crippen molar-refractivity contribution in [2.75, 3.05) is 37.7 Å². The monoisotopic (exact) mass is 503 g/mol. The van der Waals surface area contributed by atoms with E-state index in [9.17, 15) is 9.59 Å². The molecule has 3 N–H and O–H groups in total. The van der Waals surface area contributed by atoms with Gasteiger partial charge in [-0.25, -0.2) is 4.98 Å². The number of pyridine rings is 1. The first-order valence-electron chi connectivity index (χ1n) is 13.4. The summed E-state index contributed by atoms with van der Waals surface area (Å²) in [5, 5.41) is 8.65. The molecule has 0 spiro atoms. The SMILES string of the molecule is CCc1cc(NC(=O)C(=O)N2CC(C)CCC2c2ccc3nn(C4CCCN(C)C4)cc3c2)cnc1N. The van der Waals surface area contributed by atoms with Gasteiger partial charge < -0.3 is 20.9 Å². The third-order valence-electron chi connectivity index (χ3n) is 7.82. The summed E-state index contributed by atoms with van der Waals surface area (Å²) in [5.74, 6) is -0.408. The van der Waals surface area contributed by atoms with Crippen LogP contribution < -0.4 is 11.1 Å². The average molecular weight is 504 g/mol. The third kappa shape index (κ3) is 5.32. The minimum absolute atomic E-state index is 0.154. The molecule has 0 radical (unpaired) electrons. The van der Waals surface area contributed by atoms with Crippen LogP contribution in [0.1, 0.15) is 62.7 Å². The Bertz CT molecular complexity index is 1300. The Morgan fingerprint density at radius 3 is 2.78 bits per heavy atom. The number of likely N-dealkylation sites (N-methyl/N-ethyl adjacent to an activating group) is 1. The highest BCUT2D eigenvalue weighted by atomic mass is 16.2. The van der Waals surface area contributed by atoms with Crippen LogP contribution in [0.2, 0.25) is 0 Å². The van der Waals surface area contributed by atoms with E-state index in [4.69, 9.17) is 10.8 Å². The van der Waals surface area contributed by atoms with E-state index in [1.165, 1.54) is 12.6 Å². The Kier molecular flexibility index (Phi) is 7.15. The Balaban J connectivity index is 1.36. The highest BCUT2D eigenvalue weighted by Crippen LogP contribution is 2.35. The highest BCUT2D eigenvalue weighted by Gasteiger charge is 2.34. The number of nitrogen functional groups attached to an aromatic ring is 1. The van der Waals surface area contributed by atoms with Gasteiger partial charge in [0.2, 0.25) is 0 Å². The second-order valence-electron chi connectivity index (χ2n) is 10.7. The molecule has 4 heterocycles. The fraction of sp³-hybridized carbons (Fsp3) is 0.500. The van der Waals surface area contributed by atoms with Crippen molar-refractivity contribution in [3.05, 3.63) is 47.8 Å². The van der Waals surface area contributed by atoms with E-state index < -0.39 is 11.8 Å². The van der Waals surface area contributed by atoms with Crippen molar-refractivity contribution in [2.24, 2.45) is 5.92 Å². The maximum absolute atomic E-state index is 13.4. The first kappa shape index (κ1) is 25.2. The van der Waals surface area contributed by atoms with Gasteiger partial charge in [0.05, 0.1) is 29.5 Å². The number of likely N-dealkylation sites (tertiary alicyclic amines) is 2. The van der Waals surface area contributed by atoms with Gasteiger partial charge in [-0.1, -0.05) is 19.9 Å². The summed E-state index contributed by atoms with van der Waals surface area (Å²) in [6, 6.07) is 8.24. The second kappa shape index (κ2) is 10.5. The lowest BCUT2D eigenvalue weighted by atomic mass is 9.89. The number of nitrogens with one attached hydrogen (secondary N) is 1. The summed E-state index contributed by atoms with van der Waals surface area (Å²) in [7, 11) is 2.16. The molecule has 0 aliphatic carbocycles. The molecule has 2 aliphatic rings. The average Bonchev–Trinajstić information content (AvgIpc) is 3.33. The Labute approximate surface area is 218 Å². The summed E-state index contributed by atoms with van der Waals surface area (Å²) in [6.07, 6.45) is 8.44. The third-order valence-corrected chi connectivity index (χ3v) is 7.82.